The Morgan fingerprint density at radius 3 is 2.71 bits per heavy atom. The van der Waals surface area contributed by atoms with Gasteiger partial charge in [-0.05, 0) is 49.8 Å². The van der Waals surface area contributed by atoms with Crippen molar-refractivity contribution in [2.75, 3.05) is 6.54 Å². The van der Waals surface area contributed by atoms with Gasteiger partial charge in [0.25, 0.3) is 0 Å². The molecule has 0 spiro atoms. The first-order valence-corrected chi connectivity index (χ1v) is 9.79. The molecule has 1 saturated carbocycles. The molecule has 3 unspecified atom stereocenters. The van der Waals surface area contributed by atoms with Gasteiger partial charge in [0.05, 0.1) is 5.25 Å². The molecule has 1 aromatic carbocycles. The third-order valence-electron chi connectivity index (χ3n) is 5.00. The van der Waals surface area contributed by atoms with Crippen LogP contribution in [0, 0.1) is 0 Å². The van der Waals surface area contributed by atoms with Crippen molar-refractivity contribution in [1.82, 2.24) is 5.32 Å². The minimum absolute atomic E-state index is 0.288. The fourth-order valence-electron chi connectivity index (χ4n) is 3.89. The summed E-state index contributed by atoms with van der Waals surface area (Å²) in [6, 6.07) is 9.02. The molecule has 3 heteroatoms. The number of rotatable bonds is 5. The highest BCUT2D eigenvalue weighted by atomic mass is 32.2. The fourth-order valence-corrected chi connectivity index (χ4v) is 6.04. The second-order valence-corrected chi connectivity index (χ2v) is 8.37. The summed E-state index contributed by atoms with van der Waals surface area (Å²) in [5.74, 6) is 0. The molecule has 1 N–H and O–H groups in total. The maximum atomic E-state index is 13.1. The average molecular weight is 305 g/mol. The first-order chi connectivity index (χ1) is 10.3. The van der Waals surface area contributed by atoms with E-state index >= 15 is 0 Å². The normalized spacial score (nSPS) is 27.5. The van der Waals surface area contributed by atoms with E-state index in [4.69, 9.17) is 0 Å². The van der Waals surface area contributed by atoms with Crippen LogP contribution in [0.4, 0.5) is 0 Å². The lowest BCUT2D eigenvalue weighted by Gasteiger charge is -2.35. The van der Waals surface area contributed by atoms with Crippen molar-refractivity contribution in [2.24, 2.45) is 0 Å². The van der Waals surface area contributed by atoms with E-state index in [0.717, 1.165) is 25.8 Å². The molecule has 2 nitrogen and oxygen atoms in total. The summed E-state index contributed by atoms with van der Waals surface area (Å²) < 4.78 is 13.1. The summed E-state index contributed by atoms with van der Waals surface area (Å²) in [4.78, 5) is 0. The summed E-state index contributed by atoms with van der Waals surface area (Å²) >= 11 is 0. The van der Waals surface area contributed by atoms with Gasteiger partial charge in [-0.2, -0.15) is 0 Å². The third-order valence-corrected chi connectivity index (χ3v) is 7.24. The molecule has 2 aliphatic rings. The van der Waals surface area contributed by atoms with Gasteiger partial charge in [-0.1, -0.05) is 44.0 Å². The van der Waals surface area contributed by atoms with Crippen molar-refractivity contribution < 1.29 is 4.21 Å². The highest BCUT2D eigenvalue weighted by Gasteiger charge is 2.36. The number of benzene rings is 1. The van der Waals surface area contributed by atoms with E-state index in [1.807, 2.05) is 0 Å². The molecule has 21 heavy (non-hydrogen) atoms. The monoisotopic (exact) mass is 305 g/mol. The molecule has 0 saturated heterocycles. The number of fused-ring (bicyclic) bond motifs is 1. The standard InChI is InChI=1S/C18H27NOS/c1-2-13-19-18-16-10-6-3-7-14(16)11-12-17(18)21(20)15-8-4-5-9-15/h3,6-7,10,15,17-19H,2,4-5,8-9,11-13H2,1H3. The van der Waals surface area contributed by atoms with E-state index < -0.39 is 10.8 Å². The van der Waals surface area contributed by atoms with Gasteiger partial charge in [0.1, 0.15) is 0 Å². The van der Waals surface area contributed by atoms with E-state index in [2.05, 4.69) is 36.5 Å². The molecule has 0 amide bonds. The van der Waals surface area contributed by atoms with Gasteiger partial charge in [-0.15, -0.1) is 0 Å². The molecule has 116 valence electrons. The number of aryl methyl sites for hydroxylation is 1. The molecule has 0 aliphatic heterocycles. The smallest absolute Gasteiger partial charge is 0.0548 e. The largest absolute Gasteiger partial charge is 0.309 e. The van der Waals surface area contributed by atoms with Gasteiger partial charge in [0, 0.05) is 22.1 Å². The predicted molar refractivity (Wildman–Crippen MR) is 90.0 cm³/mol. The zero-order valence-corrected chi connectivity index (χ0v) is 13.8. The van der Waals surface area contributed by atoms with E-state index in [1.54, 1.807) is 0 Å². The molecule has 1 fully saturated rings. The Morgan fingerprint density at radius 1 is 1.19 bits per heavy atom. The molecule has 0 aromatic heterocycles. The summed E-state index contributed by atoms with van der Waals surface area (Å²) in [7, 11) is -0.685. The Morgan fingerprint density at radius 2 is 1.95 bits per heavy atom. The molecule has 0 radical (unpaired) electrons. The maximum absolute atomic E-state index is 13.1. The summed E-state index contributed by atoms with van der Waals surface area (Å²) in [5.41, 5.74) is 2.85. The van der Waals surface area contributed by atoms with Gasteiger partial charge in [0.2, 0.25) is 0 Å². The predicted octanol–water partition coefficient (Wildman–Crippen LogP) is 3.73. The lowest BCUT2D eigenvalue weighted by atomic mass is 9.87. The van der Waals surface area contributed by atoms with Crippen LogP contribution in [0.1, 0.15) is 62.6 Å². The molecule has 2 aliphatic carbocycles. The van der Waals surface area contributed by atoms with Gasteiger partial charge in [-0.25, -0.2) is 0 Å². The Bertz CT molecular complexity index is 496. The fraction of sp³-hybridized carbons (Fsp3) is 0.667. The second-order valence-electron chi connectivity index (χ2n) is 6.44. The zero-order chi connectivity index (χ0) is 14.7. The van der Waals surface area contributed by atoms with E-state index in [-0.39, 0.29) is 6.04 Å². The van der Waals surface area contributed by atoms with Crippen LogP contribution in [-0.2, 0) is 17.2 Å². The minimum atomic E-state index is -0.685. The zero-order valence-electron chi connectivity index (χ0n) is 13.0. The summed E-state index contributed by atoms with van der Waals surface area (Å²) in [5, 5.41) is 4.44. The lowest BCUT2D eigenvalue weighted by Crippen LogP contribution is -2.41. The maximum Gasteiger partial charge on any atom is 0.0548 e. The van der Waals surface area contributed by atoms with Gasteiger partial charge < -0.3 is 5.32 Å². The molecule has 3 atom stereocenters. The number of nitrogens with one attached hydrogen (secondary N) is 1. The Kier molecular flexibility index (Phi) is 5.12. The second kappa shape index (κ2) is 7.06. The summed E-state index contributed by atoms with van der Waals surface area (Å²) in [6.07, 6.45) is 8.17. The first-order valence-electron chi connectivity index (χ1n) is 8.52. The Hall–Kier alpha value is -0.670. The van der Waals surface area contributed by atoms with Crippen LogP contribution < -0.4 is 5.32 Å². The lowest BCUT2D eigenvalue weighted by molar-refractivity contribution is 0.461. The van der Waals surface area contributed by atoms with Crippen LogP contribution in [0.25, 0.3) is 0 Å². The van der Waals surface area contributed by atoms with E-state index in [1.165, 1.54) is 36.8 Å². The number of hydrogen-bond acceptors (Lipinski definition) is 2. The van der Waals surface area contributed by atoms with Gasteiger partial charge in [-0.3, -0.25) is 4.21 Å². The van der Waals surface area contributed by atoms with Crippen molar-refractivity contribution in [3.8, 4) is 0 Å². The van der Waals surface area contributed by atoms with Crippen LogP contribution in [0.2, 0.25) is 0 Å². The van der Waals surface area contributed by atoms with Crippen LogP contribution in [0.15, 0.2) is 24.3 Å². The molecule has 0 heterocycles. The van der Waals surface area contributed by atoms with Crippen LogP contribution in [-0.4, -0.2) is 21.3 Å². The van der Waals surface area contributed by atoms with Crippen LogP contribution >= 0.6 is 0 Å². The summed E-state index contributed by atoms with van der Waals surface area (Å²) in [6.45, 7) is 3.21. The number of hydrogen-bond donors (Lipinski definition) is 1. The van der Waals surface area contributed by atoms with Crippen molar-refractivity contribution in [3.05, 3.63) is 35.4 Å². The molecular weight excluding hydrogens is 278 g/mol. The minimum Gasteiger partial charge on any atom is -0.309 e. The third kappa shape index (κ3) is 3.24. The topological polar surface area (TPSA) is 29.1 Å². The molecule has 1 aromatic rings. The van der Waals surface area contributed by atoms with E-state index in [9.17, 15) is 4.21 Å². The molecule has 0 bridgehead atoms. The highest BCUT2D eigenvalue weighted by molar-refractivity contribution is 7.86. The molecule has 3 rings (SSSR count). The van der Waals surface area contributed by atoms with E-state index in [0.29, 0.717) is 10.5 Å². The highest BCUT2D eigenvalue weighted by Crippen LogP contribution is 2.36. The Balaban J connectivity index is 1.83. The Labute approximate surface area is 131 Å². The molecular formula is C18H27NOS. The van der Waals surface area contributed by atoms with Gasteiger partial charge >= 0.3 is 0 Å². The van der Waals surface area contributed by atoms with Crippen molar-refractivity contribution >= 4 is 10.8 Å². The first kappa shape index (κ1) is 15.2. The average Bonchev–Trinajstić information content (AvgIpc) is 3.06. The van der Waals surface area contributed by atoms with Crippen LogP contribution in [0.5, 0.6) is 0 Å². The van der Waals surface area contributed by atoms with Crippen LogP contribution in [0.3, 0.4) is 0 Å². The van der Waals surface area contributed by atoms with Crippen molar-refractivity contribution in [1.29, 1.82) is 0 Å². The van der Waals surface area contributed by atoms with Gasteiger partial charge in [0.15, 0.2) is 0 Å². The quantitative estimate of drug-likeness (QED) is 0.898. The van der Waals surface area contributed by atoms with Crippen molar-refractivity contribution in [2.45, 2.75) is 68.4 Å². The SMILES string of the molecule is CCCNC1c2ccccc2CCC1S(=O)C1CCCC1. The van der Waals surface area contributed by atoms with Crippen molar-refractivity contribution in [3.63, 3.8) is 0 Å².